The summed E-state index contributed by atoms with van der Waals surface area (Å²) in [6.45, 7) is 0.391. The van der Waals surface area contributed by atoms with E-state index in [0.29, 0.717) is 29.2 Å². The lowest BCUT2D eigenvalue weighted by atomic mass is 10.1. The van der Waals surface area contributed by atoms with Crippen LogP contribution in [-0.2, 0) is 6.61 Å². The van der Waals surface area contributed by atoms with Gasteiger partial charge in [-0.1, -0.05) is 30.3 Å². The van der Waals surface area contributed by atoms with Crippen molar-refractivity contribution in [1.29, 1.82) is 0 Å². The zero-order valence-corrected chi connectivity index (χ0v) is 15.5. The molecule has 0 saturated carbocycles. The van der Waals surface area contributed by atoms with E-state index in [1.807, 2.05) is 65.2 Å². The van der Waals surface area contributed by atoms with Crippen LogP contribution < -0.4 is 20.6 Å². The number of nitrogen functional groups attached to an aromatic ring is 1. The summed E-state index contributed by atoms with van der Waals surface area (Å²) in [5.41, 5.74) is 9.08. The van der Waals surface area contributed by atoms with Gasteiger partial charge in [0.15, 0.2) is 16.9 Å². The summed E-state index contributed by atoms with van der Waals surface area (Å²) in [5.74, 6) is 1.10. The number of rotatable bonds is 5. The summed E-state index contributed by atoms with van der Waals surface area (Å²) in [6.07, 6.45) is 1.75. The maximum atomic E-state index is 12.5. The maximum Gasteiger partial charge on any atom is 0.189 e. The van der Waals surface area contributed by atoms with Crippen molar-refractivity contribution in [1.82, 2.24) is 4.57 Å². The van der Waals surface area contributed by atoms with E-state index < -0.39 is 0 Å². The molecule has 5 heteroatoms. The molecule has 0 aliphatic heterocycles. The number of pyridine rings is 1. The lowest BCUT2D eigenvalue weighted by molar-refractivity contribution is 0.285. The van der Waals surface area contributed by atoms with Crippen LogP contribution in [0.2, 0.25) is 0 Å². The monoisotopic (exact) mass is 372 g/mol. The first-order valence-corrected chi connectivity index (χ1v) is 8.92. The molecule has 0 amide bonds. The highest BCUT2D eigenvalue weighted by Gasteiger charge is 2.12. The highest BCUT2D eigenvalue weighted by molar-refractivity contribution is 5.84. The van der Waals surface area contributed by atoms with Gasteiger partial charge in [0.25, 0.3) is 0 Å². The lowest BCUT2D eigenvalue weighted by Gasteiger charge is -2.15. The summed E-state index contributed by atoms with van der Waals surface area (Å²) in [7, 11) is 1.59. The number of nitrogens with zero attached hydrogens (tertiary/aromatic N) is 1. The normalized spacial score (nSPS) is 10.8. The van der Waals surface area contributed by atoms with E-state index in [1.165, 1.54) is 0 Å². The van der Waals surface area contributed by atoms with Crippen LogP contribution >= 0.6 is 0 Å². The van der Waals surface area contributed by atoms with Gasteiger partial charge in [-0.3, -0.25) is 4.79 Å². The van der Waals surface area contributed by atoms with Crippen LogP contribution in [0.15, 0.2) is 83.8 Å². The summed E-state index contributed by atoms with van der Waals surface area (Å²) in [5, 5.41) is 0.559. The van der Waals surface area contributed by atoms with Crippen LogP contribution in [0.4, 0.5) is 5.69 Å². The number of ether oxygens (including phenoxy) is 2. The Kier molecular flexibility index (Phi) is 4.72. The van der Waals surface area contributed by atoms with Gasteiger partial charge in [-0.15, -0.1) is 0 Å². The molecule has 4 rings (SSSR count). The molecule has 0 aliphatic carbocycles. The molecule has 0 saturated heterocycles. The van der Waals surface area contributed by atoms with Crippen molar-refractivity contribution in [3.63, 3.8) is 0 Å². The third kappa shape index (κ3) is 3.42. The predicted molar refractivity (Wildman–Crippen MR) is 111 cm³/mol. The van der Waals surface area contributed by atoms with Crippen LogP contribution in [0.1, 0.15) is 5.56 Å². The van der Waals surface area contributed by atoms with Gasteiger partial charge < -0.3 is 19.8 Å². The van der Waals surface area contributed by atoms with Crippen molar-refractivity contribution < 1.29 is 9.47 Å². The van der Waals surface area contributed by atoms with Crippen LogP contribution in [-0.4, -0.2) is 11.7 Å². The first-order chi connectivity index (χ1) is 13.7. The van der Waals surface area contributed by atoms with E-state index in [-0.39, 0.29) is 5.43 Å². The van der Waals surface area contributed by atoms with Crippen molar-refractivity contribution >= 4 is 16.6 Å². The molecule has 1 heterocycles. The molecular weight excluding hydrogens is 352 g/mol. The number of benzene rings is 3. The van der Waals surface area contributed by atoms with E-state index in [2.05, 4.69) is 0 Å². The summed E-state index contributed by atoms with van der Waals surface area (Å²) in [4.78, 5) is 12.5. The molecule has 0 spiro atoms. The molecule has 0 atom stereocenters. The van der Waals surface area contributed by atoms with Gasteiger partial charge >= 0.3 is 0 Å². The second kappa shape index (κ2) is 7.48. The number of methoxy groups -OCH3 is 1. The second-order valence-electron chi connectivity index (χ2n) is 6.44. The van der Waals surface area contributed by atoms with Crippen molar-refractivity contribution in [2.24, 2.45) is 0 Å². The van der Waals surface area contributed by atoms with E-state index in [1.54, 1.807) is 25.4 Å². The van der Waals surface area contributed by atoms with Crippen molar-refractivity contribution in [2.75, 3.05) is 12.8 Å². The predicted octanol–water partition coefficient (Wildman–Crippen LogP) is 4.16. The molecule has 2 N–H and O–H groups in total. The number of anilines is 1. The molecule has 0 radical (unpaired) electrons. The molecule has 5 nitrogen and oxygen atoms in total. The Hall–Kier alpha value is -3.73. The van der Waals surface area contributed by atoms with Crippen molar-refractivity contribution in [3.05, 3.63) is 94.8 Å². The van der Waals surface area contributed by atoms with E-state index in [9.17, 15) is 4.79 Å². The van der Waals surface area contributed by atoms with E-state index >= 15 is 0 Å². The minimum Gasteiger partial charge on any atom is -0.493 e. The number of nitrogens with two attached hydrogens (primary N) is 1. The zero-order valence-electron chi connectivity index (χ0n) is 15.5. The third-order valence-corrected chi connectivity index (χ3v) is 4.59. The number of fused-ring (bicyclic) bond motifs is 1. The highest BCUT2D eigenvalue weighted by Crippen LogP contribution is 2.32. The van der Waals surface area contributed by atoms with E-state index in [0.717, 1.165) is 16.8 Å². The van der Waals surface area contributed by atoms with Crippen LogP contribution in [0, 0.1) is 0 Å². The summed E-state index contributed by atoms with van der Waals surface area (Å²) in [6, 6.07) is 22.4. The molecular formula is C23H20N2O3. The SMILES string of the molecule is COc1cc2c(cc1OCc1ccccc1)c(=O)ccn2-c1ccc(N)cc1. The Morgan fingerprint density at radius 1 is 0.929 bits per heavy atom. The van der Waals surface area contributed by atoms with Gasteiger partial charge in [0, 0.05) is 35.1 Å². The molecule has 1 aromatic heterocycles. The standard InChI is InChI=1S/C23H20N2O3/c1-27-22-14-20-19(13-23(22)28-15-16-5-3-2-4-6-16)21(26)11-12-25(20)18-9-7-17(24)8-10-18/h2-14H,15,24H2,1H3. The van der Waals surface area contributed by atoms with Gasteiger partial charge in [0.2, 0.25) is 0 Å². The molecule has 3 aromatic carbocycles. The zero-order chi connectivity index (χ0) is 19.5. The first kappa shape index (κ1) is 17.7. The fourth-order valence-corrected chi connectivity index (χ4v) is 3.13. The quantitative estimate of drug-likeness (QED) is 0.534. The molecule has 4 aromatic rings. The van der Waals surface area contributed by atoms with Crippen molar-refractivity contribution in [2.45, 2.75) is 6.61 Å². The average molecular weight is 372 g/mol. The Morgan fingerprint density at radius 2 is 1.68 bits per heavy atom. The smallest absolute Gasteiger partial charge is 0.189 e. The molecule has 0 aliphatic rings. The van der Waals surface area contributed by atoms with Gasteiger partial charge in [-0.2, -0.15) is 0 Å². The Labute approximate surface area is 162 Å². The van der Waals surface area contributed by atoms with Crippen molar-refractivity contribution in [3.8, 4) is 17.2 Å². The average Bonchev–Trinajstić information content (AvgIpc) is 2.73. The maximum absolute atomic E-state index is 12.5. The molecule has 0 fully saturated rings. The van der Waals surface area contributed by atoms with Gasteiger partial charge in [-0.25, -0.2) is 0 Å². The number of aromatic nitrogens is 1. The Balaban J connectivity index is 1.80. The minimum atomic E-state index is -0.0751. The largest absolute Gasteiger partial charge is 0.493 e. The Morgan fingerprint density at radius 3 is 2.39 bits per heavy atom. The van der Waals surface area contributed by atoms with Gasteiger partial charge in [0.1, 0.15) is 6.61 Å². The minimum absolute atomic E-state index is 0.0751. The summed E-state index contributed by atoms with van der Waals surface area (Å²) >= 11 is 0. The molecule has 140 valence electrons. The highest BCUT2D eigenvalue weighted by atomic mass is 16.5. The summed E-state index contributed by atoms with van der Waals surface area (Å²) < 4.78 is 13.4. The van der Waals surface area contributed by atoms with Crippen LogP contribution in [0.25, 0.3) is 16.6 Å². The topological polar surface area (TPSA) is 66.5 Å². The molecule has 0 bridgehead atoms. The second-order valence-corrected chi connectivity index (χ2v) is 6.44. The van der Waals surface area contributed by atoms with Crippen LogP contribution in [0.3, 0.4) is 0 Å². The lowest BCUT2D eigenvalue weighted by Crippen LogP contribution is -2.08. The molecule has 28 heavy (non-hydrogen) atoms. The third-order valence-electron chi connectivity index (χ3n) is 4.59. The molecule has 0 unspecified atom stereocenters. The fraction of sp³-hybridized carbons (Fsp3) is 0.0870. The van der Waals surface area contributed by atoms with Crippen LogP contribution in [0.5, 0.6) is 11.5 Å². The first-order valence-electron chi connectivity index (χ1n) is 8.92. The van der Waals surface area contributed by atoms with E-state index in [4.69, 9.17) is 15.2 Å². The van der Waals surface area contributed by atoms with Gasteiger partial charge in [0.05, 0.1) is 12.6 Å². The number of hydrogen-bond donors (Lipinski definition) is 1. The Bertz CT molecular complexity index is 1170. The fourth-order valence-electron chi connectivity index (χ4n) is 3.13. The number of hydrogen-bond acceptors (Lipinski definition) is 4. The van der Waals surface area contributed by atoms with Gasteiger partial charge in [-0.05, 0) is 35.9 Å².